The molecule has 0 aliphatic carbocycles. The Labute approximate surface area is 83.5 Å². The molecule has 1 unspecified atom stereocenters. The largest absolute Gasteiger partial charge is 0.324 e. The van der Waals surface area contributed by atoms with E-state index >= 15 is 0 Å². The van der Waals surface area contributed by atoms with Gasteiger partial charge in [0.1, 0.15) is 0 Å². The summed E-state index contributed by atoms with van der Waals surface area (Å²) in [6, 6.07) is 6.16. The fourth-order valence-electron chi connectivity index (χ4n) is 1.67. The molecule has 0 amide bonds. The van der Waals surface area contributed by atoms with Crippen LogP contribution in [0.5, 0.6) is 0 Å². The fraction of sp³-hybridized carbons (Fsp3) is 0.364. The first-order valence-electron chi connectivity index (χ1n) is 4.94. The van der Waals surface area contributed by atoms with Gasteiger partial charge in [-0.05, 0) is 25.5 Å². The molecule has 3 heteroatoms. The standard InChI is InChI=1S/C11H15N3/c1-3-14-7-10-9(8(2)12)5-4-6-11(10)13-14/h4-8H,3,12H2,1-2H3. The van der Waals surface area contributed by atoms with Gasteiger partial charge in [0.25, 0.3) is 0 Å². The number of aryl methyl sites for hydroxylation is 1. The Morgan fingerprint density at radius 2 is 2.29 bits per heavy atom. The van der Waals surface area contributed by atoms with Crippen molar-refractivity contribution in [2.24, 2.45) is 5.73 Å². The Bertz CT molecular complexity index is 443. The molecule has 1 heterocycles. The average Bonchev–Trinajstić information content (AvgIpc) is 2.59. The quantitative estimate of drug-likeness (QED) is 0.786. The van der Waals surface area contributed by atoms with Gasteiger partial charge in [0.2, 0.25) is 0 Å². The van der Waals surface area contributed by atoms with E-state index in [1.807, 2.05) is 23.7 Å². The first-order valence-corrected chi connectivity index (χ1v) is 4.94. The molecule has 1 aromatic heterocycles. The van der Waals surface area contributed by atoms with E-state index in [1.54, 1.807) is 0 Å². The molecule has 0 bridgehead atoms. The summed E-state index contributed by atoms with van der Waals surface area (Å²) in [4.78, 5) is 0. The molecular weight excluding hydrogens is 174 g/mol. The minimum atomic E-state index is 0.0632. The summed E-state index contributed by atoms with van der Waals surface area (Å²) < 4.78 is 1.94. The molecule has 0 spiro atoms. The zero-order chi connectivity index (χ0) is 10.1. The van der Waals surface area contributed by atoms with E-state index in [-0.39, 0.29) is 6.04 Å². The summed E-state index contributed by atoms with van der Waals surface area (Å²) in [6.45, 7) is 4.97. The molecule has 0 radical (unpaired) electrons. The van der Waals surface area contributed by atoms with Crippen LogP contribution in [0.4, 0.5) is 0 Å². The lowest BCUT2D eigenvalue weighted by Crippen LogP contribution is -2.04. The fourth-order valence-corrected chi connectivity index (χ4v) is 1.67. The molecule has 2 aromatic rings. The number of benzene rings is 1. The summed E-state index contributed by atoms with van der Waals surface area (Å²) in [5.41, 5.74) is 8.09. The van der Waals surface area contributed by atoms with E-state index in [1.165, 1.54) is 10.9 Å². The molecule has 0 fully saturated rings. The third-order valence-corrected chi connectivity index (χ3v) is 2.45. The molecule has 2 rings (SSSR count). The van der Waals surface area contributed by atoms with Crippen LogP contribution in [0.2, 0.25) is 0 Å². The maximum Gasteiger partial charge on any atom is 0.0926 e. The van der Waals surface area contributed by atoms with Crippen molar-refractivity contribution in [3.05, 3.63) is 30.0 Å². The molecular formula is C11H15N3. The van der Waals surface area contributed by atoms with Crippen molar-refractivity contribution >= 4 is 10.9 Å². The summed E-state index contributed by atoms with van der Waals surface area (Å²) in [7, 11) is 0. The highest BCUT2D eigenvalue weighted by Gasteiger charge is 2.07. The second-order valence-electron chi connectivity index (χ2n) is 3.55. The van der Waals surface area contributed by atoms with Crippen molar-refractivity contribution < 1.29 is 0 Å². The number of aromatic nitrogens is 2. The van der Waals surface area contributed by atoms with E-state index in [2.05, 4.69) is 24.3 Å². The van der Waals surface area contributed by atoms with Crippen LogP contribution in [-0.2, 0) is 6.54 Å². The van der Waals surface area contributed by atoms with Gasteiger partial charge >= 0.3 is 0 Å². The molecule has 74 valence electrons. The molecule has 14 heavy (non-hydrogen) atoms. The van der Waals surface area contributed by atoms with Crippen molar-refractivity contribution in [2.45, 2.75) is 26.4 Å². The predicted octanol–water partition coefficient (Wildman–Crippen LogP) is 2.08. The normalized spacial score (nSPS) is 13.4. The lowest BCUT2D eigenvalue weighted by molar-refractivity contribution is 0.668. The van der Waals surface area contributed by atoms with Gasteiger partial charge in [0.15, 0.2) is 0 Å². The van der Waals surface area contributed by atoms with Gasteiger partial charge in [-0.2, -0.15) is 5.10 Å². The number of fused-ring (bicyclic) bond motifs is 1. The van der Waals surface area contributed by atoms with Crippen LogP contribution in [0.15, 0.2) is 24.4 Å². The summed E-state index contributed by atoms with van der Waals surface area (Å²) in [5, 5.41) is 5.61. The zero-order valence-corrected chi connectivity index (χ0v) is 8.57. The maximum absolute atomic E-state index is 5.89. The third-order valence-electron chi connectivity index (χ3n) is 2.45. The first-order chi connectivity index (χ1) is 6.72. The maximum atomic E-state index is 5.89. The Balaban J connectivity index is 2.66. The van der Waals surface area contributed by atoms with Gasteiger partial charge in [0.05, 0.1) is 5.52 Å². The van der Waals surface area contributed by atoms with Crippen molar-refractivity contribution in [1.29, 1.82) is 0 Å². The Hall–Kier alpha value is -1.35. The van der Waals surface area contributed by atoms with E-state index in [9.17, 15) is 0 Å². The van der Waals surface area contributed by atoms with E-state index in [0.717, 1.165) is 12.1 Å². The second-order valence-corrected chi connectivity index (χ2v) is 3.55. The molecule has 0 saturated heterocycles. The average molecular weight is 189 g/mol. The van der Waals surface area contributed by atoms with Crippen LogP contribution in [-0.4, -0.2) is 9.78 Å². The van der Waals surface area contributed by atoms with Gasteiger partial charge in [-0.3, -0.25) is 4.68 Å². The number of hydrogen-bond acceptors (Lipinski definition) is 2. The Kier molecular flexibility index (Phi) is 2.25. The van der Waals surface area contributed by atoms with Gasteiger partial charge < -0.3 is 5.73 Å². The number of rotatable bonds is 2. The van der Waals surface area contributed by atoms with Crippen LogP contribution < -0.4 is 5.73 Å². The third kappa shape index (κ3) is 1.40. The highest BCUT2D eigenvalue weighted by Crippen LogP contribution is 2.21. The van der Waals surface area contributed by atoms with E-state index in [0.29, 0.717) is 0 Å². The molecule has 0 saturated carbocycles. The molecule has 1 aromatic carbocycles. The van der Waals surface area contributed by atoms with Crippen LogP contribution in [0.1, 0.15) is 25.5 Å². The molecule has 2 N–H and O–H groups in total. The number of nitrogens with zero attached hydrogens (tertiary/aromatic N) is 2. The van der Waals surface area contributed by atoms with E-state index < -0.39 is 0 Å². The Morgan fingerprint density at radius 1 is 1.50 bits per heavy atom. The predicted molar refractivity (Wildman–Crippen MR) is 58.0 cm³/mol. The van der Waals surface area contributed by atoms with Crippen molar-refractivity contribution in [1.82, 2.24) is 9.78 Å². The lowest BCUT2D eigenvalue weighted by atomic mass is 10.1. The number of nitrogens with two attached hydrogens (primary N) is 1. The highest BCUT2D eigenvalue weighted by atomic mass is 15.3. The molecule has 0 aliphatic rings. The smallest absolute Gasteiger partial charge is 0.0926 e. The topological polar surface area (TPSA) is 43.8 Å². The summed E-state index contributed by atoms with van der Waals surface area (Å²) in [5.74, 6) is 0. The van der Waals surface area contributed by atoms with E-state index in [4.69, 9.17) is 5.73 Å². The van der Waals surface area contributed by atoms with Gasteiger partial charge in [-0.15, -0.1) is 0 Å². The highest BCUT2D eigenvalue weighted by molar-refractivity contribution is 5.82. The minimum absolute atomic E-state index is 0.0632. The minimum Gasteiger partial charge on any atom is -0.324 e. The van der Waals surface area contributed by atoms with Crippen LogP contribution in [0.3, 0.4) is 0 Å². The van der Waals surface area contributed by atoms with Crippen molar-refractivity contribution in [3.63, 3.8) is 0 Å². The number of hydrogen-bond donors (Lipinski definition) is 1. The van der Waals surface area contributed by atoms with Crippen LogP contribution >= 0.6 is 0 Å². The monoisotopic (exact) mass is 189 g/mol. The lowest BCUT2D eigenvalue weighted by Gasteiger charge is -2.05. The van der Waals surface area contributed by atoms with Crippen LogP contribution in [0, 0.1) is 0 Å². The SMILES string of the molecule is CCn1cc2c(C(C)N)cccc2n1. The van der Waals surface area contributed by atoms with Gasteiger partial charge in [-0.25, -0.2) is 0 Å². The first kappa shape index (κ1) is 9.21. The second kappa shape index (κ2) is 3.42. The molecule has 3 nitrogen and oxygen atoms in total. The van der Waals surface area contributed by atoms with Crippen LogP contribution in [0.25, 0.3) is 10.9 Å². The summed E-state index contributed by atoms with van der Waals surface area (Å²) >= 11 is 0. The van der Waals surface area contributed by atoms with Gasteiger partial charge in [0, 0.05) is 24.2 Å². The summed E-state index contributed by atoms with van der Waals surface area (Å²) in [6.07, 6.45) is 2.06. The molecule has 0 aliphatic heterocycles. The zero-order valence-electron chi connectivity index (χ0n) is 8.57. The molecule has 1 atom stereocenters. The van der Waals surface area contributed by atoms with Crippen molar-refractivity contribution in [2.75, 3.05) is 0 Å². The van der Waals surface area contributed by atoms with Gasteiger partial charge in [-0.1, -0.05) is 12.1 Å². The Morgan fingerprint density at radius 3 is 2.93 bits per heavy atom. The van der Waals surface area contributed by atoms with Crippen molar-refractivity contribution in [3.8, 4) is 0 Å².